The van der Waals surface area contributed by atoms with Gasteiger partial charge in [0, 0.05) is 31.8 Å². The maximum absolute atomic E-state index is 12.1. The Hall–Kier alpha value is -2.58. The van der Waals surface area contributed by atoms with Crippen molar-refractivity contribution in [2.24, 2.45) is 0 Å². The van der Waals surface area contributed by atoms with Gasteiger partial charge in [-0.2, -0.15) is 0 Å². The van der Waals surface area contributed by atoms with Crippen molar-refractivity contribution >= 4 is 11.9 Å². The van der Waals surface area contributed by atoms with E-state index >= 15 is 0 Å². The molecule has 8 heteroatoms. The monoisotopic (exact) mass is 390 g/mol. The molecule has 4 N–H and O–H groups in total. The predicted octanol–water partition coefficient (Wildman–Crippen LogP) is 0.498. The van der Waals surface area contributed by atoms with E-state index in [0.29, 0.717) is 6.54 Å². The van der Waals surface area contributed by atoms with Crippen LogP contribution in [-0.2, 0) is 11.2 Å². The summed E-state index contributed by atoms with van der Waals surface area (Å²) >= 11 is 0. The van der Waals surface area contributed by atoms with Crippen molar-refractivity contribution in [3.8, 4) is 5.75 Å². The van der Waals surface area contributed by atoms with Crippen LogP contribution in [0.15, 0.2) is 24.3 Å². The molecule has 1 unspecified atom stereocenters. The van der Waals surface area contributed by atoms with Gasteiger partial charge in [-0.15, -0.1) is 0 Å². The van der Waals surface area contributed by atoms with Crippen molar-refractivity contribution in [2.75, 3.05) is 33.7 Å². The minimum absolute atomic E-state index is 0.0823. The van der Waals surface area contributed by atoms with Crippen molar-refractivity contribution in [3.63, 3.8) is 0 Å². The maximum atomic E-state index is 12.1. The van der Waals surface area contributed by atoms with E-state index in [1.165, 1.54) is 17.1 Å². The lowest BCUT2D eigenvalue weighted by Gasteiger charge is -2.26. The Morgan fingerprint density at radius 1 is 1.25 bits per heavy atom. The molecule has 0 radical (unpaired) electrons. The van der Waals surface area contributed by atoms with Gasteiger partial charge in [-0.3, -0.25) is 4.79 Å². The van der Waals surface area contributed by atoms with Gasteiger partial charge in [-0.25, -0.2) is 4.79 Å². The molecule has 0 aromatic heterocycles. The summed E-state index contributed by atoms with van der Waals surface area (Å²) < 4.78 is 0. The minimum atomic E-state index is -0.924. The first-order valence-corrected chi connectivity index (χ1v) is 9.33. The number of phenols is 1. The number of rotatable bonds is 8. The highest BCUT2D eigenvalue weighted by molar-refractivity contribution is 5.90. The Bertz CT molecular complexity index is 725. The van der Waals surface area contributed by atoms with E-state index < -0.39 is 6.23 Å². The van der Waals surface area contributed by atoms with Crippen molar-refractivity contribution in [1.29, 1.82) is 0 Å². The molecule has 1 aromatic rings. The van der Waals surface area contributed by atoms with Crippen molar-refractivity contribution in [2.45, 2.75) is 32.5 Å². The zero-order valence-electron chi connectivity index (χ0n) is 16.9. The fourth-order valence-corrected chi connectivity index (χ4v) is 3.27. The Kier molecular flexibility index (Phi) is 7.42. The molecule has 8 nitrogen and oxygen atoms in total. The summed E-state index contributed by atoms with van der Waals surface area (Å²) in [6.45, 7) is 4.88. The quantitative estimate of drug-likeness (QED) is 0.517. The summed E-state index contributed by atoms with van der Waals surface area (Å²) in [6, 6.07) is 3.26. The Morgan fingerprint density at radius 3 is 2.43 bits per heavy atom. The van der Waals surface area contributed by atoms with Crippen LogP contribution in [0.3, 0.4) is 0 Å². The molecule has 0 saturated carbocycles. The largest absolute Gasteiger partial charge is 0.508 e. The van der Waals surface area contributed by atoms with Gasteiger partial charge in [0.05, 0.1) is 0 Å². The van der Waals surface area contributed by atoms with Crippen LogP contribution in [0.2, 0.25) is 0 Å². The molecule has 0 aliphatic carbocycles. The number of aromatic hydroxyl groups is 1. The first kappa shape index (κ1) is 21.7. The van der Waals surface area contributed by atoms with Gasteiger partial charge in [0.2, 0.25) is 5.91 Å². The van der Waals surface area contributed by atoms with E-state index in [2.05, 4.69) is 15.5 Å². The number of benzene rings is 1. The van der Waals surface area contributed by atoms with Crippen LogP contribution < -0.4 is 10.6 Å². The lowest BCUT2D eigenvalue weighted by Crippen LogP contribution is -2.47. The number of amides is 3. The van der Waals surface area contributed by atoms with Gasteiger partial charge in [-0.1, -0.05) is 0 Å². The fourth-order valence-electron chi connectivity index (χ4n) is 3.27. The Labute approximate surface area is 165 Å². The van der Waals surface area contributed by atoms with Crippen LogP contribution in [0.4, 0.5) is 4.79 Å². The van der Waals surface area contributed by atoms with Crippen LogP contribution in [0, 0.1) is 13.8 Å². The molecule has 28 heavy (non-hydrogen) atoms. The van der Waals surface area contributed by atoms with Gasteiger partial charge < -0.3 is 30.6 Å². The van der Waals surface area contributed by atoms with Gasteiger partial charge >= 0.3 is 6.03 Å². The van der Waals surface area contributed by atoms with E-state index in [9.17, 15) is 19.8 Å². The normalized spacial score (nSPS) is 17.3. The maximum Gasteiger partial charge on any atom is 0.314 e. The molecule has 154 valence electrons. The lowest BCUT2D eigenvalue weighted by molar-refractivity contribution is -0.130. The molecule has 1 heterocycles. The number of phenolic OH excluding ortho intramolecular Hbond substituents is 1. The number of hydrogen-bond donors (Lipinski definition) is 4. The first-order valence-electron chi connectivity index (χ1n) is 9.33. The van der Waals surface area contributed by atoms with E-state index in [0.717, 1.165) is 23.1 Å². The summed E-state index contributed by atoms with van der Waals surface area (Å²) in [5.74, 6) is -0.00326. The number of nitrogens with one attached hydrogen (secondary N) is 2. The van der Waals surface area contributed by atoms with E-state index in [4.69, 9.17) is 0 Å². The number of carbonyl (C=O) groups excluding carboxylic acids is 2. The standard InChI is InChI=1S/C20H30N4O4/c1-13-9-16(25)10-14(2)17(13)11-15(23(3)4)12-22-20(28)21-7-8-24-18(26)5-6-19(24)27/h5-6,9-10,15,18,25-26H,7-8,11-12H2,1-4H3,(H2,21,22,28)/t15-,18?/m0/s1. The third-order valence-electron chi connectivity index (χ3n) is 5.00. The Morgan fingerprint density at radius 2 is 1.89 bits per heavy atom. The zero-order valence-corrected chi connectivity index (χ0v) is 16.9. The molecule has 1 aliphatic rings. The highest BCUT2D eigenvalue weighted by Gasteiger charge is 2.23. The van der Waals surface area contributed by atoms with Crippen LogP contribution in [0.1, 0.15) is 16.7 Å². The summed E-state index contributed by atoms with van der Waals surface area (Å²) in [5.41, 5.74) is 3.21. The molecule has 0 saturated heterocycles. The molecule has 1 aromatic carbocycles. The summed E-state index contributed by atoms with van der Waals surface area (Å²) in [4.78, 5) is 26.9. The molecule has 0 spiro atoms. The van der Waals surface area contributed by atoms with Gasteiger partial charge in [-0.05, 0) is 69.3 Å². The van der Waals surface area contributed by atoms with E-state index in [-0.39, 0.29) is 36.8 Å². The fraction of sp³-hybridized carbons (Fsp3) is 0.500. The minimum Gasteiger partial charge on any atom is -0.508 e. The van der Waals surface area contributed by atoms with E-state index in [1.807, 2.05) is 27.9 Å². The lowest BCUT2D eigenvalue weighted by atomic mass is 9.95. The van der Waals surface area contributed by atoms with Crippen LogP contribution in [0.25, 0.3) is 0 Å². The topological polar surface area (TPSA) is 105 Å². The zero-order chi connectivity index (χ0) is 20.8. The van der Waals surface area contributed by atoms with Crippen molar-refractivity contribution in [1.82, 2.24) is 20.4 Å². The predicted molar refractivity (Wildman–Crippen MR) is 107 cm³/mol. The van der Waals surface area contributed by atoms with Crippen LogP contribution >= 0.6 is 0 Å². The first-order chi connectivity index (χ1) is 13.2. The third-order valence-corrected chi connectivity index (χ3v) is 5.00. The molecular weight excluding hydrogens is 360 g/mol. The summed E-state index contributed by atoms with van der Waals surface area (Å²) in [7, 11) is 3.92. The molecule has 3 amide bonds. The third kappa shape index (κ3) is 5.71. The molecule has 0 fully saturated rings. The number of aryl methyl sites for hydroxylation is 2. The smallest absolute Gasteiger partial charge is 0.314 e. The second kappa shape index (κ2) is 9.57. The van der Waals surface area contributed by atoms with Gasteiger partial charge in [0.15, 0.2) is 0 Å². The van der Waals surface area contributed by atoms with Crippen molar-refractivity contribution < 1.29 is 19.8 Å². The SMILES string of the molecule is Cc1cc(O)cc(C)c1C[C@@H](CNC(=O)NCCN1C(=O)C=CC1O)N(C)C. The number of urea groups is 1. The number of aliphatic hydroxyl groups excluding tert-OH is 1. The van der Waals surface area contributed by atoms with E-state index in [1.54, 1.807) is 12.1 Å². The average molecular weight is 390 g/mol. The Balaban J connectivity index is 1.83. The number of nitrogens with zero attached hydrogens (tertiary/aromatic N) is 2. The molecular formula is C20H30N4O4. The average Bonchev–Trinajstić information content (AvgIpc) is 2.92. The van der Waals surface area contributed by atoms with Crippen LogP contribution in [-0.4, -0.2) is 78.0 Å². The van der Waals surface area contributed by atoms with Crippen molar-refractivity contribution in [3.05, 3.63) is 41.0 Å². The molecule has 2 atom stereocenters. The second-order valence-electron chi connectivity index (χ2n) is 7.32. The number of likely N-dealkylation sites (N-methyl/N-ethyl adjacent to an activating group) is 1. The van der Waals surface area contributed by atoms with Gasteiger partial charge in [0.1, 0.15) is 12.0 Å². The molecule has 1 aliphatic heterocycles. The summed E-state index contributed by atoms with van der Waals surface area (Å²) in [6.07, 6.45) is 2.55. The number of carbonyl (C=O) groups is 2. The molecule has 0 bridgehead atoms. The number of aliphatic hydroxyl groups is 1. The second-order valence-corrected chi connectivity index (χ2v) is 7.32. The van der Waals surface area contributed by atoms with Crippen LogP contribution in [0.5, 0.6) is 5.75 Å². The highest BCUT2D eigenvalue weighted by Crippen LogP contribution is 2.22. The number of hydrogen-bond acceptors (Lipinski definition) is 5. The summed E-state index contributed by atoms with van der Waals surface area (Å²) in [5, 5.41) is 24.9. The van der Waals surface area contributed by atoms with Gasteiger partial charge in [0.25, 0.3) is 0 Å². The highest BCUT2D eigenvalue weighted by atomic mass is 16.3. The molecule has 2 rings (SSSR count).